The minimum atomic E-state index is -0.412. The van der Waals surface area contributed by atoms with Crippen molar-refractivity contribution in [2.24, 2.45) is 0 Å². The molecule has 0 aromatic carbocycles. The van der Waals surface area contributed by atoms with Gasteiger partial charge in [0.05, 0.1) is 19.1 Å². The van der Waals surface area contributed by atoms with E-state index < -0.39 is 5.54 Å². The van der Waals surface area contributed by atoms with Crippen LogP contribution in [0.25, 0.3) is 0 Å². The van der Waals surface area contributed by atoms with Gasteiger partial charge in [-0.2, -0.15) is 0 Å². The number of hydrogen-bond acceptors (Lipinski definition) is 4. The zero-order valence-corrected chi connectivity index (χ0v) is 10.7. The van der Waals surface area contributed by atoms with Gasteiger partial charge in [0.15, 0.2) is 0 Å². The number of methoxy groups -OCH3 is 1. The highest BCUT2D eigenvalue weighted by molar-refractivity contribution is 5.87. The van der Waals surface area contributed by atoms with Gasteiger partial charge in [-0.15, -0.1) is 0 Å². The fraction of sp³-hybridized carbons (Fsp3) is 0.833. The lowest BCUT2D eigenvalue weighted by Crippen LogP contribution is -2.53. The van der Waals surface area contributed by atoms with Gasteiger partial charge in [0.2, 0.25) is 5.91 Å². The topological polar surface area (TPSA) is 67.4 Å². The number of carbonyl (C=O) groups is 2. The molecule has 1 aliphatic heterocycles. The summed E-state index contributed by atoms with van der Waals surface area (Å²) in [6.07, 6.45) is 3.95. The van der Waals surface area contributed by atoms with Crippen molar-refractivity contribution in [1.29, 1.82) is 0 Å². The zero-order valence-electron chi connectivity index (χ0n) is 10.7. The van der Waals surface area contributed by atoms with Crippen LogP contribution in [0.15, 0.2) is 0 Å². The average molecular weight is 242 g/mol. The van der Waals surface area contributed by atoms with Gasteiger partial charge >= 0.3 is 5.97 Å². The molecule has 0 radical (unpaired) electrons. The molecule has 0 aliphatic carbocycles. The number of nitrogens with one attached hydrogen (secondary N) is 2. The van der Waals surface area contributed by atoms with Gasteiger partial charge in [-0.25, -0.2) is 0 Å². The van der Waals surface area contributed by atoms with Gasteiger partial charge in [-0.05, 0) is 25.8 Å². The molecule has 98 valence electrons. The Kier molecular flexibility index (Phi) is 5.41. The number of carbonyl (C=O) groups excluding carboxylic acids is 2. The van der Waals surface area contributed by atoms with Crippen molar-refractivity contribution in [2.75, 3.05) is 20.2 Å². The van der Waals surface area contributed by atoms with E-state index in [2.05, 4.69) is 22.3 Å². The normalized spacial score (nSPS) is 23.4. The Morgan fingerprint density at radius 2 is 2.24 bits per heavy atom. The molecule has 1 rings (SSSR count). The molecule has 0 spiro atoms. The summed E-state index contributed by atoms with van der Waals surface area (Å²) in [7, 11) is 1.35. The van der Waals surface area contributed by atoms with E-state index in [-0.39, 0.29) is 18.3 Å². The highest BCUT2D eigenvalue weighted by Crippen LogP contribution is 2.24. The lowest BCUT2D eigenvalue weighted by molar-refractivity contribution is -0.140. The van der Waals surface area contributed by atoms with Crippen LogP contribution in [0.5, 0.6) is 0 Å². The Morgan fingerprint density at radius 1 is 1.47 bits per heavy atom. The fourth-order valence-electron chi connectivity index (χ4n) is 2.30. The number of hydrogen-bond donors (Lipinski definition) is 2. The number of rotatable bonds is 6. The van der Waals surface area contributed by atoms with E-state index in [1.54, 1.807) is 0 Å². The molecule has 1 amide bonds. The second-order valence-electron chi connectivity index (χ2n) is 4.44. The maximum absolute atomic E-state index is 12.1. The van der Waals surface area contributed by atoms with Crippen molar-refractivity contribution >= 4 is 11.9 Å². The summed E-state index contributed by atoms with van der Waals surface area (Å²) in [5.74, 6) is -0.282. The third-order valence-corrected chi connectivity index (χ3v) is 3.20. The van der Waals surface area contributed by atoms with Crippen molar-refractivity contribution in [3.05, 3.63) is 0 Å². The smallest absolute Gasteiger partial charge is 0.307 e. The van der Waals surface area contributed by atoms with Gasteiger partial charge in [0.25, 0.3) is 0 Å². The molecule has 5 nitrogen and oxygen atoms in total. The molecular formula is C12H22N2O3. The predicted octanol–water partition coefficient (Wildman–Crippen LogP) is 0.588. The van der Waals surface area contributed by atoms with E-state index >= 15 is 0 Å². The Labute approximate surface area is 102 Å². The quantitative estimate of drug-likeness (QED) is 0.669. The monoisotopic (exact) mass is 242 g/mol. The van der Waals surface area contributed by atoms with Crippen LogP contribution in [0, 0.1) is 0 Å². The van der Waals surface area contributed by atoms with E-state index in [1.165, 1.54) is 7.11 Å². The van der Waals surface area contributed by atoms with Gasteiger partial charge in [0, 0.05) is 6.54 Å². The summed E-state index contributed by atoms with van der Waals surface area (Å²) in [5.41, 5.74) is -0.412. The molecule has 1 saturated heterocycles. The highest BCUT2D eigenvalue weighted by Gasteiger charge is 2.39. The number of amides is 1. The third kappa shape index (κ3) is 3.70. The molecule has 0 aromatic heterocycles. The van der Waals surface area contributed by atoms with Crippen LogP contribution in [-0.2, 0) is 14.3 Å². The molecule has 0 aromatic rings. The van der Waals surface area contributed by atoms with Crippen molar-refractivity contribution in [3.63, 3.8) is 0 Å². The number of esters is 1. The lowest BCUT2D eigenvalue weighted by Gasteiger charge is -2.27. The second-order valence-corrected chi connectivity index (χ2v) is 4.44. The first-order valence-corrected chi connectivity index (χ1v) is 6.25. The minimum absolute atomic E-state index is 0.0146. The summed E-state index contributed by atoms with van der Waals surface area (Å²) in [5, 5.41) is 6.11. The summed E-state index contributed by atoms with van der Waals surface area (Å²) in [6.45, 7) is 3.31. The molecule has 1 atom stereocenters. The Morgan fingerprint density at radius 3 is 2.76 bits per heavy atom. The molecule has 1 aliphatic rings. The van der Waals surface area contributed by atoms with E-state index in [0.717, 1.165) is 32.2 Å². The van der Waals surface area contributed by atoms with E-state index in [4.69, 9.17) is 0 Å². The van der Waals surface area contributed by atoms with Crippen LogP contribution >= 0.6 is 0 Å². The van der Waals surface area contributed by atoms with Crippen LogP contribution < -0.4 is 10.6 Å². The average Bonchev–Trinajstić information content (AvgIpc) is 2.79. The third-order valence-electron chi connectivity index (χ3n) is 3.20. The van der Waals surface area contributed by atoms with Gasteiger partial charge in [-0.3, -0.25) is 9.59 Å². The van der Waals surface area contributed by atoms with Crippen molar-refractivity contribution in [2.45, 2.75) is 44.6 Å². The molecule has 17 heavy (non-hydrogen) atoms. The van der Waals surface area contributed by atoms with E-state index in [1.807, 2.05) is 0 Å². The maximum atomic E-state index is 12.1. The summed E-state index contributed by atoms with van der Waals surface area (Å²) < 4.78 is 4.52. The van der Waals surface area contributed by atoms with Gasteiger partial charge in [-0.1, -0.05) is 13.3 Å². The molecule has 5 heteroatoms. The van der Waals surface area contributed by atoms with Crippen molar-refractivity contribution in [1.82, 2.24) is 10.6 Å². The standard InChI is InChI=1S/C12H22N2O3/c1-3-6-12(7-4-8-14-12)11(16)13-9-5-10(15)17-2/h14H,3-9H2,1-2H3,(H,13,16). The Hall–Kier alpha value is -1.10. The van der Waals surface area contributed by atoms with Crippen molar-refractivity contribution < 1.29 is 14.3 Å². The molecular weight excluding hydrogens is 220 g/mol. The summed E-state index contributed by atoms with van der Waals surface area (Å²) >= 11 is 0. The number of ether oxygens (including phenoxy) is 1. The first-order valence-electron chi connectivity index (χ1n) is 6.25. The lowest BCUT2D eigenvalue weighted by atomic mass is 9.91. The highest BCUT2D eigenvalue weighted by atomic mass is 16.5. The zero-order chi connectivity index (χ0) is 12.7. The summed E-state index contributed by atoms with van der Waals surface area (Å²) in [4.78, 5) is 23.0. The molecule has 2 N–H and O–H groups in total. The van der Waals surface area contributed by atoms with E-state index in [9.17, 15) is 9.59 Å². The Balaban J connectivity index is 2.41. The molecule has 0 bridgehead atoms. The molecule has 1 heterocycles. The predicted molar refractivity (Wildman–Crippen MR) is 64.5 cm³/mol. The second kappa shape index (κ2) is 6.59. The first kappa shape index (κ1) is 14.0. The summed E-state index contributed by atoms with van der Waals surface area (Å²) in [6, 6.07) is 0. The van der Waals surface area contributed by atoms with Crippen LogP contribution in [0.3, 0.4) is 0 Å². The maximum Gasteiger partial charge on any atom is 0.307 e. The van der Waals surface area contributed by atoms with Crippen LogP contribution in [0.2, 0.25) is 0 Å². The van der Waals surface area contributed by atoms with Gasteiger partial charge < -0.3 is 15.4 Å². The first-order chi connectivity index (χ1) is 8.14. The van der Waals surface area contributed by atoms with E-state index in [0.29, 0.717) is 6.54 Å². The Bertz CT molecular complexity index is 273. The SMILES string of the molecule is CCCC1(C(=O)NCCC(=O)OC)CCCN1. The fourth-order valence-corrected chi connectivity index (χ4v) is 2.30. The molecule has 0 saturated carbocycles. The molecule has 1 unspecified atom stereocenters. The van der Waals surface area contributed by atoms with Crippen molar-refractivity contribution in [3.8, 4) is 0 Å². The van der Waals surface area contributed by atoms with Gasteiger partial charge in [0.1, 0.15) is 0 Å². The van der Waals surface area contributed by atoms with Crippen LogP contribution in [0.1, 0.15) is 39.0 Å². The largest absolute Gasteiger partial charge is 0.469 e. The molecule has 1 fully saturated rings. The van der Waals surface area contributed by atoms with Crippen LogP contribution in [-0.4, -0.2) is 37.6 Å². The minimum Gasteiger partial charge on any atom is -0.469 e. The van der Waals surface area contributed by atoms with Crippen LogP contribution in [0.4, 0.5) is 0 Å².